The van der Waals surface area contributed by atoms with Gasteiger partial charge < -0.3 is 15.4 Å². The molecule has 2 N–H and O–H groups in total. The number of hydrogen-bond donors (Lipinski definition) is 1. The van der Waals surface area contributed by atoms with Crippen LogP contribution in [0.2, 0.25) is 0 Å². The van der Waals surface area contributed by atoms with Gasteiger partial charge in [0.1, 0.15) is 11.9 Å². The topological polar surface area (TPSA) is 64.3 Å². The van der Waals surface area contributed by atoms with Crippen LogP contribution in [-0.2, 0) is 17.6 Å². The Bertz CT molecular complexity index is 449. The number of morpholine rings is 1. The Morgan fingerprint density at radius 1 is 1.28 bits per heavy atom. The normalized spacial score (nSPS) is 24.8. The molecule has 1 aliphatic carbocycles. The van der Waals surface area contributed by atoms with E-state index in [4.69, 9.17) is 10.5 Å². The van der Waals surface area contributed by atoms with Gasteiger partial charge in [0.05, 0.1) is 6.61 Å². The summed E-state index contributed by atoms with van der Waals surface area (Å²) in [5.74, 6) is 1.42. The highest BCUT2D eigenvalue weighted by atomic mass is 16.5. The molecule has 0 saturated carbocycles. The van der Waals surface area contributed by atoms with Crippen molar-refractivity contribution in [3.63, 3.8) is 0 Å². The quantitative estimate of drug-likeness (QED) is 0.801. The van der Waals surface area contributed by atoms with Gasteiger partial charge in [0, 0.05) is 24.3 Å². The first-order valence-electron chi connectivity index (χ1n) is 6.69. The molecule has 2 heterocycles. The molecule has 1 aliphatic heterocycles. The second-order valence-electron chi connectivity index (χ2n) is 5.22. The van der Waals surface area contributed by atoms with Crippen LogP contribution in [0.5, 0.6) is 0 Å². The standard InChI is InChI=1S/C13H20N4O/c1-17-6-7-18-11(8-17)13-15-10-5-3-2-4-9(10)12(14)16-13/h11H,2-8H2,1H3,(H2,14,15,16). The third kappa shape index (κ3) is 2.20. The van der Waals surface area contributed by atoms with E-state index in [0.717, 1.165) is 49.6 Å². The molecule has 1 atom stereocenters. The van der Waals surface area contributed by atoms with Gasteiger partial charge >= 0.3 is 0 Å². The Morgan fingerprint density at radius 3 is 2.94 bits per heavy atom. The van der Waals surface area contributed by atoms with Gasteiger partial charge in [-0.25, -0.2) is 9.97 Å². The molecule has 3 rings (SSSR count). The summed E-state index contributed by atoms with van der Waals surface area (Å²) in [6, 6.07) is 0. The van der Waals surface area contributed by atoms with E-state index in [9.17, 15) is 0 Å². The molecule has 0 radical (unpaired) electrons. The summed E-state index contributed by atoms with van der Waals surface area (Å²) in [5.41, 5.74) is 8.36. The zero-order valence-corrected chi connectivity index (χ0v) is 10.9. The Balaban J connectivity index is 1.90. The number of nitrogens with two attached hydrogens (primary N) is 1. The monoisotopic (exact) mass is 248 g/mol. The van der Waals surface area contributed by atoms with Gasteiger partial charge in [-0.2, -0.15) is 0 Å². The highest BCUT2D eigenvalue weighted by Crippen LogP contribution is 2.26. The molecule has 0 aromatic carbocycles. The fourth-order valence-electron chi connectivity index (χ4n) is 2.72. The van der Waals surface area contributed by atoms with Gasteiger partial charge in [0.2, 0.25) is 0 Å². The van der Waals surface area contributed by atoms with Crippen LogP contribution in [0, 0.1) is 0 Å². The third-order valence-corrected chi connectivity index (χ3v) is 3.79. The number of fused-ring (bicyclic) bond motifs is 1. The summed E-state index contributed by atoms with van der Waals surface area (Å²) in [5, 5.41) is 0. The van der Waals surface area contributed by atoms with Crippen molar-refractivity contribution >= 4 is 5.82 Å². The molecule has 5 nitrogen and oxygen atoms in total. The predicted molar refractivity (Wildman–Crippen MR) is 69.3 cm³/mol. The van der Waals surface area contributed by atoms with Crippen molar-refractivity contribution in [1.82, 2.24) is 14.9 Å². The maximum atomic E-state index is 6.06. The molecule has 1 unspecified atom stereocenters. The molecule has 18 heavy (non-hydrogen) atoms. The lowest BCUT2D eigenvalue weighted by molar-refractivity contribution is -0.0255. The van der Waals surface area contributed by atoms with E-state index in [1.807, 2.05) is 0 Å². The van der Waals surface area contributed by atoms with Crippen LogP contribution in [-0.4, -0.2) is 41.6 Å². The lowest BCUT2D eigenvalue weighted by Crippen LogP contribution is -2.36. The lowest BCUT2D eigenvalue weighted by atomic mass is 9.96. The highest BCUT2D eigenvalue weighted by molar-refractivity contribution is 5.43. The summed E-state index contributed by atoms with van der Waals surface area (Å²) in [6.07, 6.45) is 4.42. The second-order valence-corrected chi connectivity index (χ2v) is 5.22. The molecule has 5 heteroatoms. The molecule has 0 spiro atoms. The molecular formula is C13H20N4O. The van der Waals surface area contributed by atoms with E-state index in [1.54, 1.807) is 0 Å². The fraction of sp³-hybridized carbons (Fsp3) is 0.692. The van der Waals surface area contributed by atoms with Crippen LogP contribution in [0.4, 0.5) is 5.82 Å². The number of aromatic nitrogens is 2. The van der Waals surface area contributed by atoms with Gasteiger partial charge in [0.25, 0.3) is 0 Å². The van der Waals surface area contributed by atoms with Gasteiger partial charge in [0.15, 0.2) is 5.82 Å². The summed E-state index contributed by atoms with van der Waals surface area (Å²) in [4.78, 5) is 11.4. The summed E-state index contributed by atoms with van der Waals surface area (Å²) >= 11 is 0. The first kappa shape index (κ1) is 11.9. The molecule has 2 aliphatic rings. The molecule has 1 saturated heterocycles. The van der Waals surface area contributed by atoms with Crippen LogP contribution in [0.15, 0.2) is 0 Å². The molecule has 1 fully saturated rings. The molecule has 0 amide bonds. The average Bonchev–Trinajstić information content (AvgIpc) is 2.39. The van der Waals surface area contributed by atoms with Gasteiger partial charge in [-0.15, -0.1) is 0 Å². The van der Waals surface area contributed by atoms with Crippen molar-refractivity contribution in [2.24, 2.45) is 0 Å². The number of aryl methyl sites for hydroxylation is 1. The van der Waals surface area contributed by atoms with Crippen molar-refractivity contribution in [3.05, 3.63) is 17.1 Å². The maximum Gasteiger partial charge on any atom is 0.161 e. The van der Waals surface area contributed by atoms with Gasteiger partial charge in [-0.3, -0.25) is 0 Å². The van der Waals surface area contributed by atoms with E-state index in [2.05, 4.69) is 21.9 Å². The van der Waals surface area contributed by atoms with Crippen molar-refractivity contribution in [1.29, 1.82) is 0 Å². The van der Waals surface area contributed by atoms with Crippen LogP contribution < -0.4 is 5.73 Å². The van der Waals surface area contributed by atoms with E-state index >= 15 is 0 Å². The highest BCUT2D eigenvalue weighted by Gasteiger charge is 2.25. The van der Waals surface area contributed by atoms with E-state index in [1.165, 1.54) is 12.8 Å². The minimum atomic E-state index is -0.0294. The molecule has 0 bridgehead atoms. The minimum absolute atomic E-state index is 0.0294. The van der Waals surface area contributed by atoms with E-state index < -0.39 is 0 Å². The van der Waals surface area contributed by atoms with Crippen LogP contribution in [0.25, 0.3) is 0 Å². The zero-order valence-electron chi connectivity index (χ0n) is 10.9. The number of hydrogen-bond acceptors (Lipinski definition) is 5. The second kappa shape index (κ2) is 4.82. The van der Waals surface area contributed by atoms with Gasteiger partial charge in [-0.1, -0.05) is 0 Å². The first-order chi connectivity index (χ1) is 8.74. The predicted octanol–water partition coefficient (Wildman–Crippen LogP) is 0.941. The Morgan fingerprint density at radius 2 is 2.11 bits per heavy atom. The number of likely N-dealkylation sites (N-methyl/N-ethyl adjacent to an activating group) is 1. The fourth-order valence-corrected chi connectivity index (χ4v) is 2.72. The van der Waals surface area contributed by atoms with Crippen molar-refractivity contribution in [2.75, 3.05) is 32.5 Å². The summed E-state index contributed by atoms with van der Waals surface area (Å²) < 4.78 is 5.76. The zero-order chi connectivity index (χ0) is 12.5. The number of nitrogen functional groups attached to an aromatic ring is 1. The largest absolute Gasteiger partial charge is 0.383 e. The lowest BCUT2D eigenvalue weighted by Gasteiger charge is -2.29. The van der Waals surface area contributed by atoms with E-state index in [0.29, 0.717) is 5.82 Å². The minimum Gasteiger partial charge on any atom is -0.383 e. The van der Waals surface area contributed by atoms with E-state index in [-0.39, 0.29) is 6.10 Å². The Labute approximate surface area is 107 Å². The van der Waals surface area contributed by atoms with Crippen molar-refractivity contribution in [3.8, 4) is 0 Å². The molecule has 1 aromatic heterocycles. The third-order valence-electron chi connectivity index (χ3n) is 3.79. The van der Waals surface area contributed by atoms with Crippen LogP contribution in [0.3, 0.4) is 0 Å². The average molecular weight is 248 g/mol. The van der Waals surface area contributed by atoms with Crippen molar-refractivity contribution in [2.45, 2.75) is 31.8 Å². The Kier molecular flexibility index (Phi) is 3.18. The number of ether oxygens (including phenoxy) is 1. The van der Waals surface area contributed by atoms with Crippen LogP contribution >= 0.6 is 0 Å². The summed E-state index contributed by atoms with van der Waals surface area (Å²) in [6.45, 7) is 2.55. The molecule has 1 aromatic rings. The SMILES string of the molecule is CN1CCOC(c2nc(N)c3c(n2)CCCC3)C1. The maximum absolute atomic E-state index is 6.06. The number of nitrogens with zero attached hydrogens (tertiary/aromatic N) is 3. The van der Waals surface area contributed by atoms with Gasteiger partial charge in [-0.05, 0) is 32.7 Å². The first-order valence-corrected chi connectivity index (χ1v) is 6.69. The summed E-state index contributed by atoms with van der Waals surface area (Å²) in [7, 11) is 2.09. The molecule has 98 valence electrons. The van der Waals surface area contributed by atoms with Crippen molar-refractivity contribution < 1.29 is 4.74 Å². The number of rotatable bonds is 1. The van der Waals surface area contributed by atoms with Crippen LogP contribution in [0.1, 0.15) is 36.0 Å². The smallest absolute Gasteiger partial charge is 0.161 e. The Hall–Kier alpha value is -1.20. The molecular weight excluding hydrogens is 228 g/mol. The number of anilines is 1.